The third kappa shape index (κ3) is 1.79. The predicted octanol–water partition coefficient (Wildman–Crippen LogP) is 1.42. The Balaban J connectivity index is 2.51. The number of nitrogens with two attached hydrogens (primary N) is 2. The molecular weight excluding hydrogens is 282 g/mol. The summed E-state index contributed by atoms with van der Waals surface area (Å²) in [4.78, 5) is 19.9. The van der Waals surface area contributed by atoms with Crippen molar-refractivity contribution in [3.63, 3.8) is 0 Å². The largest absolute Gasteiger partial charge is 0.508 e. The number of nitrogens with zero attached hydrogens (tertiary/aromatic N) is 3. The number of nitrogen functional groups attached to an aromatic ring is 1. The maximum atomic E-state index is 11.7. The minimum absolute atomic E-state index is 0.136. The summed E-state index contributed by atoms with van der Waals surface area (Å²) >= 11 is 0. The second-order valence-corrected chi connectivity index (χ2v) is 5.10. The molecule has 2 aromatic heterocycles. The van der Waals surface area contributed by atoms with Gasteiger partial charge in [-0.05, 0) is 25.5 Å². The molecule has 0 saturated carbocycles. The lowest BCUT2D eigenvalue weighted by atomic mass is 10.1. The van der Waals surface area contributed by atoms with Gasteiger partial charge in [0.15, 0.2) is 0 Å². The standard InChI is InChI=1S/C15H15N5O2/c1-7-3-4-10(21)8(2)12(7)20-13(16)11(14(17)22)9-5-18-6-19-15(9)20/h3-6,21H,16H2,1-2H3,(H2,17,22). The molecule has 2 heterocycles. The molecular formula is C15H15N5O2. The van der Waals surface area contributed by atoms with Crippen molar-refractivity contribution in [3.8, 4) is 11.4 Å². The molecule has 5 N–H and O–H groups in total. The topological polar surface area (TPSA) is 120 Å². The highest BCUT2D eigenvalue weighted by Crippen LogP contribution is 2.34. The summed E-state index contributed by atoms with van der Waals surface area (Å²) in [6.07, 6.45) is 2.87. The number of fused-ring (bicyclic) bond motifs is 1. The summed E-state index contributed by atoms with van der Waals surface area (Å²) in [6, 6.07) is 3.38. The van der Waals surface area contributed by atoms with Crippen molar-refractivity contribution in [1.82, 2.24) is 14.5 Å². The number of hydrogen-bond acceptors (Lipinski definition) is 5. The van der Waals surface area contributed by atoms with E-state index in [1.165, 1.54) is 12.5 Å². The third-order valence-corrected chi connectivity index (χ3v) is 3.74. The SMILES string of the molecule is Cc1ccc(O)c(C)c1-n1c(N)c(C(N)=O)c2cncnc21. The quantitative estimate of drug-likeness (QED) is 0.660. The van der Waals surface area contributed by atoms with Crippen molar-refractivity contribution in [2.24, 2.45) is 5.73 Å². The number of aromatic nitrogens is 3. The zero-order chi connectivity index (χ0) is 16.0. The molecule has 0 aliphatic heterocycles. The number of carbonyl (C=O) groups excluding carboxylic acids is 1. The minimum Gasteiger partial charge on any atom is -0.508 e. The Bertz CT molecular complexity index is 914. The van der Waals surface area contributed by atoms with Crippen LogP contribution in [-0.2, 0) is 0 Å². The molecule has 1 aromatic carbocycles. The van der Waals surface area contributed by atoms with E-state index in [1.807, 2.05) is 6.92 Å². The van der Waals surface area contributed by atoms with E-state index in [9.17, 15) is 9.90 Å². The predicted molar refractivity (Wildman–Crippen MR) is 82.9 cm³/mol. The van der Waals surface area contributed by atoms with E-state index in [2.05, 4.69) is 9.97 Å². The molecule has 7 heteroatoms. The zero-order valence-corrected chi connectivity index (χ0v) is 12.2. The molecule has 0 spiro atoms. The Morgan fingerprint density at radius 1 is 1.32 bits per heavy atom. The average molecular weight is 297 g/mol. The monoisotopic (exact) mass is 297 g/mol. The van der Waals surface area contributed by atoms with Crippen LogP contribution in [0.1, 0.15) is 21.5 Å². The highest BCUT2D eigenvalue weighted by Gasteiger charge is 2.23. The molecule has 0 aliphatic rings. The van der Waals surface area contributed by atoms with Gasteiger partial charge < -0.3 is 16.6 Å². The molecule has 112 valence electrons. The van der Waals surface area contributed by atoms with Crippen LogP contribution in [0.5, 0.6) is 5.75 Å². The van der Waals surface area contributed by atoms with Crippen LogP contribution < -0.4 is 11.5 Å². The fourth-order valence-corrected chi connectivity index (χ4v) is 2.70. The van der Waals surface area contributed by atoms with Crippen molar-refractivity contribution in [2.75, 3.05) is 5.73 Å². The first-order valence-electron chi connectivity index (χ1n) is 6.62. The van der Waals surface area contributed by atoms with Gasteiger partial charge in [-0.2, -0.15) is 0 Å². The molecule has 3 aromatic rings. The second kappa shape index (κ2) is 4.73. The molecule has 0 radical (unpaired) electrons. The maximum Gasteiger partial charge on any atom is 0.253 e. The summed E-state index contributed by atoms with van der Waals surface area (Å²) < 4.78 is 1.63. The number of anilines is 1. The molecule has 0 aliphatic carbocycles. The van der Waals surface area contributed by atoms with Crippen LogP contribution in [0.3, 0.4) is 0 Å². The number of benzene rings is 1. The smallest absolute Gasteiger partial charge is 0.253 e. The van der Waals surface area contributed by atoms with E-state index in [0.717, 1.165) is 5.56 Å². The molecule has 1 amide bonds. The number of carbonyl (C=O) groups is 1. The normalized spacial score (nSPS) is 11.0. The fraction of sp³-hybridized carbons (Fsp3) is 0.133. The lowest BCUT2D eigenvalue weighted by molar-refractivity contribution is 0.100. The Kier molecular flexibility index (Phi) is 2.98. The number of phenols is 1. The molecule has 3 rings (SSSR count). The second-order valence-electron chi connectivity index (χ2n) is 5.10. The van der Waals surface area contributed by atoms with Crippen molar-refractivity contribution in [1.29, 1.82) is 0 Å². The van der Waals surface area contributed by atoms with Crippen molar-refractivity contribution in [3.05, 3.63) is 41.3 Å². The Hall–Kier alpha value is -3.09. The van der Waals surface area contributed by atoms with Gasteiger partial charge in [0.05, 0.1) is 16.6 Å². The van der Waals surface area contributed by atoms with Crippen LogP contribution >= 0.6 is 0 Å². The Morgan fingerprint density at radius 2 is 2.05 bits per heavy atom. The number of rotatable bonds is 2. The van der Waals surface area contributed by atoms with Gasteiger partial charge >= 0.3 is 0 Å². The van der Waals surface area contributed by atoms with Crippen LogP contribution in [0.4, 0.5) is 5.82 Å². The van der Waals surface area contributed by atoms with Crippen LogP contribution in [0.15, 0.2) is 24.7 Å². The highest BCUT2D eigenvalue weighted by molar-refractivity contribution is 6.10. The van der Waals surface area contributed by atoms with Gasteiger partial charge in [-0.3, -0.25) is 9.36 Å². The summed E-state index contributed by atoms with van der Waals surface area (Å²) in [5, 5.41) is 10.5. The molecule has 0 bridgehead atoms. The number of aryl methyl sites for hydroxylation is 1. The lowest BCUT2D eigenvalue weighted by Gasteiger charge is -2.15. The van der Waals surface area contributed by atoms with Gasteiger partial charge in [-0.15, -0.1) is 0 Å². The number of aromatic hydroxyl groups is 1. The minimum atomic E-state index is -0.647. The Labute approximate surface area is 126 Å². The number of amides is 1. The van der Waals surface area contributed by atoms with Crippen molar-refractivity contribution >= 4 is 22.8 Å². The van der Waals surface area contributed by atoms with Crippen LogP contribution in [0.25, 0.3) is 16.7 Å². The van der Waals surface area contributed by atoms with Gasteiger partial charge in [0.25, 0.3) is 5.91 Å². The van der Waals surface area contributed by atoms with Gasteiger partial charge in [0.1, 0.15) is 23.5 Å². The zero-order valence-electron chi connectivity index (χ0n) is 12.2. The first-order chi connectivity index (χ1) is 10.4. The number of phenolic OH excluding ortho intramolecular Hbond substituents is 1. The first-order valence-corrected chi connectivity index (χ1v) is 6.62. The summed E-state index contributed by atoms with van der Waals surface area (Å²) in [5.41, 5.74) is 14.4. The molecule has 7 nitrogen and oxygen atoms in total. The lowest BCUT2D eigenvalue weighted by Crippen LogP contribution is -2.14. The average Bonchev–Trinajstić information content (AvgIpc) is 2.76. The summed E-state index contributed by atoms with van der Waals surface area (Å²) in [6.45, 7) is 3.66. The molecule has 0 saturated heterocycles. The van der Waals surface area contributed by atoms with Crippen LogP contribution in [-0.4, -0.2) is 25.5 Å². The van der Waals surface area contributed by atoms with E-state index < -0.39 is 5.91 Å². The summed E-state index contributed by atoms with van der Waals surface area (Å²) in [7, 11) is 0. The van der Waals surface area contributed by atoms with E-state index in [0.29, 0.717) is 22.3 Å². The number of hydrogen-bond donors (Lipinski definition) is 3. The number of primary amides is 1. The Morgan fingerprint density at radius 3 is 2.73 bits per heavy atom. The molecule has 0 fully saturated rings. The van der Waals surface area contributed by atoms with Crippen LogP contribution in [0.2, 0.25) is 0 Å². The van der Waals surface area contributed by atoms with Gasteiger partial charge in [0.2, 0.25) is 0 Å². The van der Waals surface area contributed by atoms with Gasteiger partial charge in [-0.25, -0.2) is 9.97 Å². The third-order valence-electron chi connectivity index (χ3n) is 3.74. The maximum absolute atomic E-state index is 11.7. The molecule has 22 heavy (non-hydrogen) atoms. The van der Waals surface area contributed by atoms with E-state index in [1.54, 1.807) is 23.6 Å². The fourth-order valence-electron chi connectivity index (χ4n) is 2.70. The first kappa shape index (κ1) is 13.9. The van der Waals surface area contributed by atoms with E-state index >= 15 is 0 Å². The molecule has 0 atom stereocenters. The van der Waals surface area contributed by atoms with Crippen molar-refractivity contribution in [2.45, 2.75) is 13.8 Å². The van der Waals surface area contributed by atoms with E-state index in [-0.39, 0.29) is 17.1 Å². The van der Waals surface area contributed by atoms with Gasteiger partial charge in [0, 0.05) is 11.8 Å². The molecule has 0 unspecified atom stereocenters. The van der Waals surface area contributed by atoms with E-state index in [4.69, 9.17) is 11.5 Å². The highest BCUT2D eigenvalue weighted by atomic mass is 16.3. The van der Waals surface area contributed by atoms with Crippen LogP contribution in [0, 0.1) is 13.8 Å². The van der Waals surface area contributed by atoms with Crippen molar-refractivity contribution < 1.29 is 9.90 Å². The summed E-state index contributed by atoms with van der Waals surface area (Å²) in [5.74, 6) is -0.331. The van der Waals surface area contributed by atoms with Gasteiger partial charge in [-0.1, -0.05) is 6.07 Å².